The van der Waals surface area contributed by atoms with E-state index >= 15 is 0 Å². The van der Waals surface area contributed by atoms with Gasteiger partial charge in [0.25, 0.3) is 0 Å². The number of nitriles is 1. The lowest BCUT2D eigenvalue weighted by Gasteiger charge is -2.42. The molecule has 4 heterocycles. The highest BCUT2D eigenvalue weighted by Gasteiger charge is 2.45. The maximum atomic E-state index is 14.5. The number of fused-ring (bicyclic) bond motifs is 1. The summed E-state index contributed by atoms with van der Waals surface area (Å²) in [6.07, 6.45) is 1.32. The monoisotopic (exact) mass is 627 g/mol. The molecule has 9 nitrogen and oxygen atoms in total. The predicted octanol–water partition coefficient (Wildman–Crippen LogP) is 4.57. The van der Waals surface area contributed by atoms with Gasteiger partial charge in [-0.25, -0.2) is 4.39 Å². The Balaban J connectivity index is 1.31. The molecule has 13 heteroatoms. The number of likely N-dealkylation sites (tertiary alicyclic amines) is 1. The summed E-state index contributed by atoms with van der Waals surface area (Å²) in [6.45, 7) is 8.51. The zero-order chi connectivity index (χ0) is 31.8. The van der Waals surface area contributed by atoms with Crippen molar-refractivity contribution in [1.29, 1.82) is 5.26 Å². The lowest BCUT2D eigenvalue weighted by atomic mass is 10.0. The molecule has 1 atom stereocenters. The van der Waals surface area contributed by atoms with E-state index in [1.54, 1.807) is 4.90 Å². The normalized spacial score (nSPS) is 21.3. The van der Waals surface area contributed by atoms with Crippen molar-refractivity contribution in [3.8, 4) is 12.1 Å². The van der Waals surface area contributed by atoms with E-state index in [0.717, 1.165) is 44.1 Å². The van der Waals surface area contributed by atoms with Gasteiger partial charge in [0.1, 0.15) is 17.2 Å². The minimum absolute atomic E-state index is 0.0171. The highest BCUT2D eigenvalue weighted by molar-refractivity contribution is 5.87. The molecule has 3 aliphatic heterocycles. The molecule has 1 saturated carbocycles. The van der Waals surface area contributed by atoms with Gasteiger partial charge in [-0.1, -0.05) is 12.6 Å². The highest BCUT2D eigenvalue weighted by atomic mass is 19.4. The molecule has 2 saturated heterocycles. The van der Waals surface area contributed by atoms with Crippen LogP contribution in [0.5, 0.6) is 6.01 Å². The number of alkyl halides is 3. The van der Waals surface area contributed by atoms with Crippen LogP contribution in [0.1, 0.15) is 48.9 Å². The van der Waals surface area contributed by atoms with Gasteiger partial charge in [0.05, 0.1) is 43.1 Å². The Hall–Kier alpha value is -3.92. The topological polar surface area (TPSA) is 88.8 Å². The third-order valence-electron chi connectivity index (χ3n) is 9.43. The first-order chi connectivity index (χ1) is 21.6. The Labute approximate surface area is 260 Å². The van der Waals surface area contributed by atoms with Gasteiger partial charge < -0.3 is 24.3 Å². The van der Waals surface area contributed by atoms with Crippen LogP contribution in [-0.4, -0.2) is 84.1 Å². The lowest BCUT2D eigenvalue weighted by Crippen LogP contribution is -2.55. The van der Waals surface area contributed by atoms with E-state index in [0.29, 0.717) is 44.2 Å². The van der Waals surface area contributed by atoms with Gasteiger partial charge in [0, 0.05) is 43.7 Å². The van der Waals surface area contributed by atoms with Crippen LogP contribution >= 0.6 is 0 Å². The average molecular weight is 628 g/mol. The molecule has 1 aliphatic carbocycles. The number of ether oxygens (including phenoxy) is 1. The van der Waals surface area contributed by atoms with Gasteiger partial charge >= 0.3 is 12.2 Å². The third kappa shape index (κ3) is 6.57. The molecular formula is C32H37F4N7O2. The number of carbonyl (C=O) groups is 1. The molecule has 240 valence electrons. The molecular weight excluding hydrogens is 590 g/mol. The van der Waals surface area contributed by atoms with E-state index in [2.05, 4.69) is 17.5 Å². The van der Waals surface area contributed by atoms with Crippen LogP contribution in [0.25, 0.3) is 0 Å². The number of aromatic nitrogens is 2. The summed E-state index contributed by atoms with van der Waals surface area (Å²) in [5.41, 5.74) is -0.193. The zero-order valence-electron chi connectivity index (χ0n) is 25.2. The summed E-state index contributed by atoms with van der Waals surface area (Å²) < 4.78 is 62.5. The van der Waals surface area contributed by atoms with Gasteiger partial charge in [-0.2, -0.15) is 28.4 Å². The van der Waals surface area contributed by atoms with E-state index in [-0.39, 0.29) is 48.6 Å². The number of rotatable bonds is 9. The Kier molecular flexibility index (Phi) is 8.61. The first-order valence-electron chi connectivity index (χ1n) is 15.5. The Bertz CT molecular complexity index is 1480. The van der Waals surface area contributed by atoms with Crippen molar-refractivity contribution in [2.24, 2.45) is 5.41 Å². The molecule has 1 amide bonds. The Morgan fingerprint density at radius 3 is 2.60 bits per heavy atom. The minimum Gasteiger partial charge on any atom is -0.463 e. The number of hydrogen-bond acceptors (Lipinski definition) is 8. The molecule has 2 aromatic rings. The Morgan fingerprint density at radius 1 is 1.13 bits per heavy atom. The first-order valence-corrected chi connectivity index (χ1v) is 15.5. The summed E-state index contributed by atoms with van der Waals surface area (Å²) in [5, 5.41) is 9.48. The van der Waals surface area contributed by atoms with Gasteiger partial charge in [-0.3, -0.25) is 4.79 Å². The fourth-order valence-corrected chi connectivity index (χ4v) is 6.87. The molecule has 0 spiro atoms. The van der Waals surface area contributed by atoms with Crippen molar-refractivity contribution in [2.45, 2.75) is 57.3 Å². The quantitative estimate of drug-likeness (QED) is 0.295. The zero-order valence-corrected chi connectivity index (χ0v) is 25.2. The van der Waals surface area contributed by atoms with Crippen LogP contribution < -0.4 is 14.5 Å². The summed E-state index contributed by atoms with van der Waals surface area (Å²) >= 11 is 0. The molecule has 1 unspecified atom stereocenters. The molecule has 0 bridgehead atoms. The van der Waals surface area contributed by atoms with Crippen molar-refractivity contribution < 1.29 is 27.1 Å². The van der Waals surface area contributed by atoms with E-state index < -0.39 is 17.6 Å². The first kappa shape index (κ1) is 31.1. The van der Waals surface area contributed by atoms with Crippen molar-refractivity contribution in [3.05, 3.63) is 53.5 Å². The highest BCUT2D eigenvalue weighted by Crippen LogP contribution is 2.47. The molecule has 4 aliphatic rings. The van der Waals surface area contributed by atoms with Gasteiger partial charge in [-0.05, 0) is 63.4 Å². The van der Waals surface area contributed by atoms with Crippen molar-refractivity contribution >= 4 is 17.4 Å². The fourth-order valence-electron chi connectivity index (χ4n) is 6.87. The summed E-state index contributed by atoms with van der Waals surface area (Å²) in [5.74, 6) is -0.966. The van der Waals surface area contributed by atoms with Crippen molar-refractivity contribution in [1.82, 2.24) is 19.8 Å². The van der Waals surface area contributed by atoms with Crippen LogP contribution in [0.15, 0.2) is 30.9 Å². The molecule has 1 aromatic heterocycles. The average Bonchev–Trinajstić information content (AvgIpc) is 3.59. The maximum Gasteiger partial charge on any atom is 0.421 e. The largest absolute Gasteiger partial charge is 0.463 e. The summed E-state index contributed by atoms with van der Waals surface area (Å²) in [6, 6.07) is 5.31. The number of anilines is 2. The SMILES string of the molecule is C=CC(=O)N1CCN(c2nc(OCC3(CN4CCCC4)CC3)nc3c2CCN(c2cccc(F)c2C(F)(F)F)C3)CC1CC#N. The lowest BCUT2D eigenvalue weighted by molar-refractivity contribution is -0.139. The van der Waals surface area contributed by atoms with E-state index in [4.69, 9.17) is 14.7 Å². The number of halogens is 4. The van der Waals surface area contributed by atoms with Crippen LogP contribution in [-0.2, 0) is 23.9 Å². The standard InChI is InChI=1S/C32H37F4N7O2/c1-2-27(44)43-17-16-42(18-22(43)8-12-37)29-23-9-15-41(26-7-5-6-24(33)28(26)32(34,35)36)19-25(23)38-30(39-29)45-21-31(10-11-31)20-40-13-3-4-14-40/h2,5-7,22H,1,3-4,8-11,13-21H2. The fraction of sp³-hybridized carbons (Fsp3) is 0.562. The van der Waals surface area contributed by atoms with Gasteiger partial charge in [-0.15, -0.1) is 0 Å². The summed E-state index contributed by atoms with van der Waals surface area (Å²) in [4.78, 5) is 29.7. The van der Waals surface area contributed by atoms with E-state index in [9.17, 15) is 27.6 Å². The van der Waals surface area contributed by atoms with Crippen LogP contribution in [0.3, 0.4) is 0 Å². The van der Waals surface area contributed by atoms with Gasteiger partial charge in [0.2, 0.25) is 5.91 Å². The molecule has 1 aromatic carbocycles. The molecule has 0 N–H and O–H groups in total. The number of benzene rings is 1. The minimum atomic E-state index is -4.86. The second-order valence-electron chi connectivity index (χ2n) is 12.5. The molecule has 45 heavy (non-hydrogen) atoms. The molecule has 6 rings (SSSR count). The number of nitrogens with zero attached hydrogens (tertiary/aromatic N) is 7. The third-order valence-corrected chi connectivity index (χ3v) is 9.43. The predicted molar refractivity (Wildman–Crippen MR) is 159 cm³/mol. The van der Waals surface area contributed by atoms with E-state index in [1.165, 1.54) is 36.0 Å². The smallest absolute Gasteiger partial charge is 0.421 e. The van der Waals surface area contributed by atoms with Crippen molar-refractivity contribution in [3.63, 3.8) is 0 Å². The second-order valence-corrected chi connectivity index (χ2v) is 12.5. The summed E-state index contributed by atoms with van der Waals surface area (Å²) in [7, 11) is 0. The maximum absolute atomic E-state index is 14.5. The van der Waals surface area contributed by atoms with Crippen LogP contribution in [0.2, 0.25) is 0 Å². The molecule has 0 radical (unpaired) electrons. The number of amides is 1. The number of carbonyl (C=O) groups excluding carboxylic acids is 1. The van der Waals surface area contributed by atoms with Crippen LogP contribution in [0.4, 0.5) is 29.1 Å². The second kappa shape index (κ2) is 12.5. The van der Waals surface area contributed by atoms with Crippen molar-refractivity contribution in [2.75, 3.05) is 62.2 Å². The number of hydrogen-bond donors (Lipinski definition) is 0. The molecule has 3 fully saturated rings. The number of piperazine rings is 1. The Morgan fingerprint density at radius 2 is 1.91 bits per heavy atom. The van der Waals surface area contributed by atoms with E-state index in [1.807, 2.05) is 4.90 Å². The van der Waals surface area contributed by atoms with Gasteiger partial charge in [0.15, 0.2) is 0 Å². The van der Waals surface area contributed by atoms with Crippen LogP contribution in [0, 0.1) is 22.6 Å².